The highest BCUT2D eigenvalue weighted by molar-refractivity contribution is 4.94. The summed E-state index contributed by atoms with van der Waals surface area (Å²) < 4.78 is 5.59. The van der Waals surface area contributed by atoms with Crippen LogP contribution < -0.4 is 0 Å². The lowest BCUT2D eigenvalue weighted by Crippen LogP contribution is -2.53. The Bertz CT molecular complexity index is 187. The van der Waals surface area contributed by atoms with Crippen molar-refractivity contribution in [3.63, 3.8) is 0 Å². The summed E-state index contributed by atoms with van der Waals surface area (Å²) in [5.74, 6) is 0.987. The molecule has 3 rings (SSSR count). The van der Waals surface area contributed by atoms with Gasteiger partial charge in [-0.05, 0) is 31.6 Å². The summed E-state index contributed by atoms with van der Waals surface area (Å²) in [7, 11) is 0. The van der Waals surface area contributed by atoms with Crippen LogP contribution in [-0.2, 0) is 4.74 Å². The predicted molar refractivity (Wildman–Crippen MR) is 51.7 cm³/mol. The molecule has 0 N–H and O–H groups in total. The van der Waals surface area contributed by atoms with E-state index in [2.05, 4.69) is 4.90 Å². The van der Waals surface area contributed by atoms with E-state index >= 15 is 0 Å². The number of morpholine rings is 1. The number of rotatable bonds is 2. The molecular formula is C11H19NO. The first-order valence-corrected chi connectivity index (χ1v) is 5.78. The van der Waals surface area contributed by atoms with Crippen molar-refractivity contribution in [2.24, 2.45) is 5.92 Å². The van der Waals surface area contributed by atoms with Crippen molar-refractivity contribution in [2.75, 3.05) is 19.8 Å². The van der Waals surface area contributed by atoms with Crippen molar-refractivity contribution < 1.29 is 4.74 Å². The van der Waals surface area contributed by atoms with Crippen molar-refractivity contribution >= 4 is 0 Å². The molecule has 0 aromatic rings. The van der Waals surface area contributed by atoms with E-state index in [0.717, 1.165) is 31.2 Å². The maximum atomic E-state index is 5.59. The molecule has 1 atom stereocenters. The fourth-order valence-electron chi connectivity index (χ4n) is 2.70. The van der Waals surface area contributed by atoms with Gasteiger partial charge in [-0.3, -0.25) is 4.90 Å². The highest BCUT2D eigenvalue weighted by Gasteiger charge is 2.40. The Labute approximate surface area is 80.2 Å². The lowest BCUT2D eigenvalue weighted by molar-refractivity contribution is -0.0527. The smallest absolute Gasteiger partial charge is 0.0625 e. The number of ether oxygens (including phenoxy) is 1. The fourth-order valence-corrected chi connectivity index (χ4v) is 2.70. The van der Waals surface area contributed by atoms with E-state index < -0.39 is 0 Å². The van der Waals surface area contributed by atoms with E-state index in [1.165, 1.54) is 38.6 Å². The van der Waals surface area contributed by atoms with Crippen LogP contribution in [0.2, 0.25) is 0 Å². The van der Waals surface area contributed by atoms with Gasteiger partial charge in [-0.25, -0.2) is 0 Å². The van der Waals surface area contributed by atoms with Gasteiger partial charge in [0.2, 0.25) is 0 Å². The topological polar surface area (TPSA) is 12.5 Å². The largest absolute Gasteiger partial charge is 0.378 e. The summed E-state index contributed by atoms with van der Waals surface area (Å²) >= 11 is 0. The molecule has 0 aromatic carbocycles. The first-order chi connectivity index (χ1) is 6.45. The minimum Gasteiger partial charge on any atom is -0.378 e. The summed E-state index contributed by atoms with van der Waals surface area (Å²) in [6, 6.07) is 1.72. The minimum atomic E-state index is 0.791. The van der Waals surface area contributed by atoms with Gasteiger partial charge in [-0.2, -0.15) is 0 Å². The zero-order valence-electron chi connectivity index (χ0n) is 8.24. The molecule has 1 saturated heterocycles. The quantitative estimate of drug-likeness (QED) is 0.642. The second-order valence-electron chi connectivity index (χ2n) is 4.80. The van der Waals surface area contributed by atoms with Crippen LogP contribution in [0.15, 0.2) is 0 Å². The summed E-state index contributed by atoms with van der Waals surface area (Å²) in [4.78, 5) is 2.75. The zero-order chi connectivity index (χ0) is 8.67. The monoisotopic (exact) mass is 181 g/mol. The fraction of sp³-hybridized carbons (Fsp3) is 1.00. The van der Waals surface area contributed by atoms with Gasteiger partial charge in [0.1, 0.15) is 0 Å². The lowest BCUT2D eigenvalue weighted by Gasteiger charge is -2.45. The van der Waals surface area contributed by atoms with E-state index in [9.17, 15) is 0 Å². The average Bonchev–Trinajstić information content (AvgIpc) is 2.85. The van der Waals surface area contributed by atoms with Gasteiger partial charge in [-0.1, -0.05) is 6.42 Å². The van der Waals surface area contributed by atoms with Crippen LogP contribution in [0, 0.1) is 5.92 Å². The van der Waals surface area contributed by atoms with E-state index in [0.29, 0.717) is 0 Å². The van der Waals surface area contributed by atoms with Gasteiger partial charge < -0.3 is 4.74 Å². The van der Waals surface area contributed by atoms with E-state index in [1.54, 1.807) is 0 Å². The molecule has 3 fully saturated rings. The van der Waals surface area contributed by atoms with Gasteiger partial charge >= 0.3 is 0 Å². The minimum absolute atomic E-state index is 0.791. The summed E-state index contributed by atoms with van der Waals surface area (Å²) in [5.41, 5.74) is 0. The first-order valence-electron chi connectivity index (χ1n) is 5.78. The molecule has 2 nitrogen and oxygen atoms in total. The molecule has 2 heteroatoms. The SMILES string of the molecule is C1CC(N2CCOCC2C2CC2)C1. The predicted octanol–water partition coefficient (Wildman–Crippen LogP) is 1.65. The van der Waals surface area contributed by atoms with Crippen LogP contribution in [-0.4, -0.2) is 36.7 Å². The van der Waals surface area contributed by atoms with Crippen molar-refractivity contribution in [1.29, 1.82) is 0 Å². The summed E-state index contributed by atoms with van der Waals surface area (Å²) in [5, 5.41) is 0. The third-order valence-electron chi connectivity index (χ3n) is 3.92. The van der Waals surface area contributed by atoms with Crippen molar-refractivity contribution in [2.45, 2.75) is 44.2 Å². The zero-order valence-corrected chi connectivity index (χ0v) is 8.24. The molecule has 3 aliphatic rings. The molecule has 1 unspecified atom stereocenters. The van der Waals surface area contributed by atoms with Crippen LogP contribution in [0.1, 0.15) is 32.1 Å². The molecule has 0 radical (unpaired) electrons. The van der Waals surface area contributed by atoms with Crippen LogP contribution in [0.3, 0.4) is 0 Å². The van der Waals surface area contributed by atoms with Gasteiger partial charge in [0.15, 0.2) is 0 Å². The molecular weight excluding hydrogens is 162 g/mol. The lowest BCUT2D eigenvalue weighted by atomic mass is 9.89. The highest BCUT2D eigenvalue weighted by atomic mass is 16.5. The van der Waals surface area contributed by atoms with Crippen LogP contribution in [0.25, 0.3) is 0 Å². The average molecular weight is 181 g/mol. The molecule has 0 spiro atoms. The van der Waals surface area contributed by atoms with Crippen LogP contribution in [0.4, 0.5) is 0 Å². The number of nitrogens with zero attached hydrogens (tertiary/aromatic N) is 1. The molecule has 0 amide bonds. The Morgan fingerprint density at radius 1 is 1.08 bits per heavy atom. The molecule has 0 bridgehead atoms. The first kappa shape index (κ1) is 8.25. The molecule has 1 aliphatic heterocycles. The van der Waals surface area contributed by atoms with Crippen LogP contribution >= 0.6 is 0 Å². The van der Waals surface area contributed by atoms with Gasteiger partial charge in [-0.15, -0.1) is 0 Å². The third kappa shape index (κ3) is 1.50. The van der Waals surface area contributed by atoms with Gasteiger partial charge in [0.25, 0.3) is 0 Å². The maximum absolute atomic E-state index is 5.59. The summed E-state index contributed by atoms with van der Waals surface area (Å²) in [6.07, 6.45) is 7.26. The molecule has 2 aliphatic carbocycles. The standard InChI is InChI=1S/C11H19NO/c1-2-10(3-1)12-6-7-13-8-11(12)9-4-5-9/h9-11H,1-8H2. The molecule has 13 heavy (non-hydrogen) atoms. The van der Waals surface area contributed by atoms with E-state index in [1.807, 2.05) is 0 Å². The van der Waals surface area contributed by atoms with Gasteiger partial charge in [0.05, 0.1) is 13.2 Å². The summed E-state index contributed by atoms with van der Waals surface area (Å²) in [6.45, 7) is 3.19. The Morgan fingerprint density at radius 2 is 1.92 bits per heavy atom. The molecule has 2 saturated carbocycles. The number of hydrogen-bond acceptors (Lipinski definition) is 2. The second-order valence-corrected chi connectivity index (χ2v) is 4.80. The van der Waals surface area contributed by atoms with Crippen molar-refractivity contribution in [3.05, 3.63) is 0 Å². The molecule has 1 heterocycles. The van der Waals surface area contributed by atoms with E-state index in [4.69, 9.17) is 4.74 Å². The third-order valence-corrected chi connectivity index (χ3v) is 3.92. The molecule has 74 valence electrons. The van der Waals surface area contributed by atoms with Crippen molar-refractivity contribution in [3.8, 4) is 0 Å². The second kappa shape index (κ2) is 3.25. The van der Waals surface area contributed by atoms with Gasteiger partial charge in [0, 0.05) is 18.6 Å². The Kier molecular flexibility index (Phi) is 2.06. The van der Waals surface area contributed by atoms with Crippen molar-refractivity contribution in [1.82, 2.24) is 4.90 Å². The Balaban J connectivity index is 1.66. The highest BCUT2D eigenvalue weighted by Crippen LogP contribution is 2.39. The van der Waals surface area contributed by atoms with E-state index in [-0.39, 0.29) is 0 Å². The normalized spacial score (nSPS) is 37.4. The number of hydrogen-bond donors (Lipinski definition) is 0. The Morgan fingerprint density at radius 3 is 2.54 bits per heavy atom. The van der Waals surface area contributed by atoms with Crippen LogP contribution in [0.5, 0.6) is 0 Å². The molecule has 0 aromatic heterocycles. The Hall–Kier alpha value is -0.0800. The maximum Gasteiger partial charge on any atom is 0.0625 e.